The Kier molecular flexibility index (Phi) is 16.6. The van der Waals surface area contributed by atoms with E-state index in [0.29, 0.717) is 38.6 Å². The van der Waals surface area contributed by atoms with Crippen LogP contribution in [-0.2, 0) is 9.59 Å². The maximum absolute atomic E-state index is 13.8. The number of hydrazone groups is 1. The highest BCUT2D eigenvalue weighted by Crippen LogP contribution is 2.38. The first-order valence-corrected chi connectivity index (χ1v) is 16.2. The van der Waals surface area contributed by atoms with Gasteiger partial charge in [0.25, 0.3) is 0 Å². The Bertz CT molecular complexity index is 1190. The minimum Gasteiger partial charge on any atom is -0.490 e. The number of carbonyl (C=O) groups is 2. The van der Waals surface area contributed by atoms with Crippen LogP contribution >= 0.6 is 37.2 Å². The van der Waals surface area contributed by atoms with Crippen LogP contribution in [-0.4, -0.2) is 134 Å². The van der Waals surface area contributed by atoms with Crippen LogP contribution < -0.4 is 9.47 Å². The molecule has 4 aliphatic rings. The van der Waals surface area contributed by atoms with Crippen LogP contribution in [0, 0.1) is 11.8 Å². The zero-order valence-electron chi connectivity index (χ0n) is 27.8. The molecule has 2 amide bonds. The summed E-state index contributed by atoms with van der Waals surface area (Å²) in [4.78, 5) is 36.0. The molecule has 46 heavy (non-hydrogen) atoms. The first-order valence-electron chi connectivity index (χ1n) is 16.2. The number of hydrogen-bond donors (Lipinski definition) is 0. The van der Waals surface area contributed by atoms with Crippen LogP contribution in [0.1, 0.15) is 45.1 Å². The third kappa shape index (κ3) is 9.73. The predicted octanol–water partition coefficient (Wildman–Crippen LogP) is 4.05. The number of piperidine rings is 1. The summed E-state index contributed by atoms with van der Waals surface area (Å²) in [7, 11) is 4.21. The van der Waals surface area contributed by atoms with Gasteiger partial charge < -0.3 is 19.3 Å². The summed E-state index contributed by atoms with van der Waals surface area (Å²) in [6.07, 6.45) is 7.32. The van der Waals surface area contributed by atoms with Gasteiger partial charge in [-0.3, -0.25) is 19.4 Å². The quantitative estimate of drug-likeness (QED) is 0.322. The third-order valence-electron chi connectivity index (χ3n) is 9.23. The predicted molar refractivity (Wildman–Crippen MR) is 190 cm³/mol. The van der Waals surface area contributed by atoms with Gasteiger partial charge in [-0.1, -0.05) is 12.2 Å². The molecule has 3 aliphatic heterocycles. The molecule has 0 aromatic heterocycles. The van der Waals surface area contributed by atoms with Crippen LogP contribution in [0.5, 0.6) is 11.5 Å². The number of halogens is 3. The van der Waals surface area contributed by atoms with E-state index in [0.717, 1.165) is 82.0 Å². The van der Waals surface area contributed by atoms with Crippen LogP contribution in [0.15, 0.2) is 35.5 Å². The second-order valence-electron chi connectivity index (χ2n) is 12.4. The normalized spacial score (nSPS) is 22.3. The molecule has 2 atom stereocenters. The summed E-state index contributed by atoms with van der Waals surface area (Å²) in [5, 5.41) is 6.83. The minimum absolute atomic E-state index is 0. The summed E-state index contributed by atoms with van der Waals surface area (Å²) >= 11 is 0. The highest BCUT2D eigenvalue weighted by molar-refractivity contribution is 6.07. The summed E-state index contributed by atoms with van der Waals surface area (Å²) < 4.78 is 11.7. The molecule has 1 aromatic rings. The van der Waals surface area contributed by atoms with E-state index in [2.05, 4.69) is 40.9 Å². The number of fused-ring (bicyclic) bond motifs is 1. The van der Waals surface area contributed by atoms with Gasteiger partial charge in [0.05, 0.1) is 37.4 Å². The Balaban J connectivity index is 0.00000245. The lowest BCUT2D eigenvalue weighted by atomic mass is 9.76. The Morgan fingerprint density at radius 2 is 1.48 bits per heavy atom. The first-order chi connectivity index (χ1) is 20.9. The van der Waals surface area contributed by atoms with Gasteiger partial charge in [-0.25, -0.2) is 5.01 Å². The van der Waals surface area contributed by atoms with E-state index in [4.69, 9.17) is 14.6 Å². The van der Waals surface area contributed by atoms with E-state index in [1.807, 2.05) is 36.9 Å². The topological polar surface area (TPSA) is 81.2 Å². The number of carbonyl (C=O) groups excluding carboxylic acids is 2. The number of rotatable bonds is 11. The standard InChI is InChI=1S/C33H50N6O4.3ClH/c1-5-42-29-12-11-25(23-30(29)43-6-2)32-27-9-7-8-10-28(27)33(41)39(34-32)26-13-15-38(16-14-26)31(40)24-37-21-19-36(20-22-37)18-17-35(3)4;;;/h7-8,11-12,23,26-28H,5-6,9-10,13-22,24H2,1-4H3;3*1H/t27-,28+;;;/m0.../s1. The molecule has 0 bridgehead atoms. The van der Waals surface area contributed by atoms with Crippen molar-refractivity contribution in [2.45, 2.75) is 45.6 Å². The molecule has 260 valence electrons. The van der Waals surface area contributed by atoms with Gasteiger partial charge in [0, 0.05) is 63.8 Å². The van der Waals surface area contributed by atoms with Gasteiger partial charge in [-0.05, 0) is 71.8 Å². The molecule has 0 spiro atoms. The first kappa shape index (κ1) is 40.1. The van der Waals surface area contributed by atoms with Gasteiger partial charge in [0.1, 0.15) is 0 Å². The van der Waals surface area contributed by atoms with E-state index in [1.54, 1.807) is 5.01 Å². The van der Waals surface area contributed by atoms with Crippen molar-refractivity contribution in [3.63, 3.8) is 0 Å². The number of piperazine rings is 1. The molecule has 1 aromatic carbocycles. The lowest BCUT2D eigenvalue weighted by Gasteiger charge is -2.43. The van der Waals surface area contributed by atoms with Crippen molar-refractivity contribution in [2.75, 3.05) is 86.2 Å². The maximum atomic E-state index is 13.8. The number of amides is 2. The van der Waals surface area contributed by atoms with Crippen molar-refractivity contribution in [1.82, 2.24) is 24.6 Å². The molecule has 5 rings (SSSR count). The van der Waals surface area contributed by atoms with Gasteiger partial charge in [0.15, 0.2) is 11.5 Å². The molecule has 0 saturated carbocycles. The molecule has 13 heteroatoms. The molecule has 0 unspecified atom stereocenters. The molecular formula is C33H53Cl3N6O4. The van der Waals surface area contributed by atoms with Gasteiger partial charge in [0.2, 0.25) is 11.8 Å². The van der Waals surface area contributed by atoms with Crippen LogP contribution in [0.3, 0.4) is 0 Å². The van der Waals surface area contributed by atoms with Crippen molar-refractivity contribution in [2.24, 2.45) is 16.9 Å². The monoisotopic (exact) mass is 702 g/mol. The maximum Gasteiger partial charge on any atom is 0.247 e. The van der Waals surface area contributed by atoms with Crippen molar-refractivity contribution in [3.8, 4) is 11.5 Å². The molecule has 2 saturated heterocycles. The zero-order valence-corrected chi connectivity index (χ0v) is 30.2. The molecule has 0 N–H and O–H groups in total. The number of hydrogen-bond acceptors (Lipinski definition) is 8. The summed E-state index contributed by atoms with van der Waals surface area (Å²) in [5.41, 5.74) is 1.92. The van der Waals surface area contributed by atoms with Crippen molar-refractivity contribution < 1.29 is 19.1 Å². The second-order valence-corrected chi connectivity index (χ2v) is 12.4. The van der Waals surface area contributed by atoms with Crippen LogP contribution in [0.25, 0.3) is 0 Å². The lowest BCUT2D eigenvalue weighted by molar-refractivity contribution is -0.142. The van der Waals surface area contributed by atoms with Crippen molar-refractivity contribution in [1.29, 1.82) is 0 Å². The summed E-state index contributed by atoms with van der Waals surface area (Å²) in [5.74, 6) is 1.68. The molecular weight excluding hydrogens is 651 g/mol. The van der Waals surface area contributed by atoms with Gasteiger partial charge in [-0.2, -0.15) is 5.10 Å². The fourth-order valence-electron chi connectivity index (χ4n) is 6.71. The Morgan fingerprint density at radius 3 is 2.11 bits per heavy atom. The average molecular weight is 704 g/mol. The van der Waals surface area contributed by atoms with Crippen molar-refractivity contribution in [3.05, 3.63) is 35.9 Å². The van der Waals surface area contributed by atoms with E-state index < -0.39 is 0 Å². The number of nitrogens with zero attached hydrogens (tertiary/aromatic N) is 6. The SMILES string of the molecule is CCOc1ccc(C2=NN(C3CCN(C(=O)CN4CCN(CCN(C)C)CC4)CC3)C(=O)[C@@H]3CC=CC[C@H]23)cc1OCC.Cl.Cl.Cl. The number of likely N-dealkylation sites (tertiary alicyclic amines) is 1. The zero-order chi connectivity index (χ0) is 30.3. The van der Waals surface area contributed by atoms with Gasteiger partial charge >= 0.3 is 0 Å². The van der Waals surface area contributed by atoms with Crippen LogP contribution in [0.2, 0.25) is 0 Å². The second kappa shape index (κ2) is 19.1. The van der Waals surface area contributed by atoms with E-state index in [9.17, 15) is 9.59 Å². The Morgan fingerprint density at radius 1 is 0.870 bits per heavy atom. The number of allylic oxidation sites excluding steroid dienone is 2. The minimum atomic E-state index is -0.115. The molecule has 3 heterocycles. The molecule has 2 fully saturated rings. The highest BCUT2D eigenvalue weighted by Gasteiger charge is 2.43. The van der Waals surface area contributed by atoms with E-state index in [1.165, 1.54) is 0 Å². The number of benzene rings is 1. The van der Waals surface area contributed by atoms with E-state index in [-0.39, 0.29) is 66.9 Å². The number of likely N-dealkylation sites (N-methyl/N-ethyl adjacent to an activating group) is 1. The smallest absolute Gasteiger partial charge is 0.247 e. The molecule has 0 radical (unpaired) electrons. The average Bonchev–Trinajstić information content (AvgIpc) is 3.02. The number of ether oxygens (including phenoxy) is 2. The fraction of sp³-hybridized carbons (Fsp3) is 0.667. The van der Waals surface area contributed by atoms with Gasteiger partial charge in [-0.15, -0.1) is 37.2 Å². The summed E-state index contributed by atoms with van der Waals surface area (Å²) in [6.45, 7) is 12.9. The lowest BCUT2D eigenvalue weighted by Crippen LogP contribution is -2.54. The largest absolute Gasteiger partial charge is 0.490 e. The highest BCUT2D eigenvalue weighted by atomic mass is 35.5. The van der Waals surface area contributed by atoms with Crippen LogP contribution in [0.4, 0.5) is 0 Å². The summed E-state index contributed by atoms with van der Waals surface area (Å²) in [6, 6.07) is 6.00. The molecule has 10 nitrogen and oxygen atoms in total. The Hall–Kier alpha value is -2.08. The third-order valence-corrected chi connectivity index (χ3v) is 9.23. The Labute approximate surface area is 293 Å². The molecule has 1 aliphatic carbocycles. The van der Waals surface area contributed by atoms with E-state index >= 15 is 0 Å². The fourth-order valence-corrected chi connectivity index (χ4v) is 6.71. The van der Waals surface area contributed by atoms with Crippen molar-refractivity contribution >= 4 is 54.7 Å².